The summed E-state index contributed by atoms with van der Waals surface area (Å²) >= 11 is 0. The van der Waals surface area contributed by atoms with E-state index in [9.17, 15) is 27.2 Å². The number of carbonyl (C=O) groups excluding carboxylic acids is 1. The molecule has 0 radical (unpaired) electrons. The summed E-state index contributed by atoms with van der Waals surface area (Å²) in [6, 6.07) is 15.4. The monoisotopic (exact) mass is 635 g/mol. The highest BCUT2D eigenvalue weighted by molar-refractivity contribution is 5.98. The second-order valence-electron chi connectivity index (χ2n) is 10.3. The van der Waals surface area contributed by atoms with Gasteiger partial charge in [0.15, 0.2) is 22.7 Å². The lowest BCUT2D eigenvalue weighted by Gasteiger charge is -2.14. The third kappa shape index (κ3) is 6.90. The van der Waals surface area contributed by atoms with Crippen LogP contribution in [0.2, 0.25) is 0 Å². The van der Waals surface area contributed by atoms with Crippen LogP contribution in [0, 0.1) is 11.6 Å². The van der Waals surface area contributed by atoms with E-state index >= 15 is 4.39 Å². The first-order valence-corrected chi connectivity index (χ1v) is 13.7. The van der Waals surface area contributed by atoms with Gasteiger partial charge in [-0.2, -0.15) is 13.2 Å². The number of methoxy groups -OCH3 is 2. The van der Waals surface area contributed by atoms with Crippen LogP contribution in [0.4, 0.5) is 27.8 Å². The van der Waals surface area contributed by atoms with Gasteiger partial charge in [0.2, 0.25) is 0 Å². The number of ether oxygens (including phenoxy) is 2. The van der Waals surface area contributed by atoms with Crippen LogP contribution >= 0.6 is 0 Å². The first-order valence-electron chi connectivity index (χ1n) is 13.7. The van der Waals surface area contributed by atoms with Crippen molar-refractivity contribution < 1.29 is 36.2 Å². The van der Waals surface area contributed by atoms with Gasteiger partial charge in [-0.3, -0.25) is 9.59 Å². The molecule has 0 unspecified atom stereocenters. The minimum absolute atomic E-state index is 0.0507. The largest absolute Gasteiger partial charge is 0.493 e. The molecular formula is C34H26F5N3O4. The molecule has 46 heavy (non-hydrogen) atoms. The van der Waals surface area contributed by atoms with E-state index in [1.165, 1.54) is 44.7 Å². The van der Waals surface area contributed by atoms with E-state index in [0.29, 0.717) is 27.2 Å². The molecule has 7 nitrogen and oxygen atoms in total. The minimum Gasteiger partial charge on any atom is -0.493 e. The van der Waals surface area contributed by atoms with Crippen LogP contribution in [0.3, 0.4) is 0 Å². The van der Waals surface area contributed by atoms with Crippen molar-refractivity contribution in [1.29, 1.82) is 0 Å². The molecule has 12 heteroatoms. The molecule has 0 saturated heterocycles. The van der Waals surface area contributed by atoms with Crippen molar-refractivity contribution in [3.63, 3.8) is 0 Å². The molecule has 0 spiro atoms. The zero-order chi connectivity index (χ0) is 33.2. The topological polar surface area (TPSA) is 96.4 Å². The molecule has 5 rings (SSSR count). The summed E-state index contributed by atoms with van der Waals surface area (Å²) in [6.07, 6.45) is -1.83. The molecule has 2 N–H and O–H groups in total. The van der Waals surface area contributed by atoms with Crippen molar-refractivity contribution in [3.8, 4) is 44.9 Å². The average molecular weight is 636 g/mol. The number of nitrogens with zero attached hydrogens (tertiary/aromatic N) is 2. The van der Waals surface area contributed by atoms with Crippen LogP contribution in [0.25, 0.3) is 33.4 Å². The number of pyridine rings is 2. The molecule has 2 heterocycles. The maximum absolute atomic E-state index is 15.5. The molecule has 0 aliphatic carbocycles. The van der Waals surface area contributed by atoms with Crippen molar-refractivity contribution >= 4 is 11.6 Å². The third-order valence-corrected chi connectivity index (χ3v) is 7.22. The lowest BCUT2D eigenvalue weighted by Crippen LogP contribution is -2.25. The Morgan fingerprint density at radius 2 is 1.52 bits per heavy atom. The molecule has 3 aromatic carbocycles. The van der Waals surface area contributed by atoms with Crippen LogP contribution in [0.5, 0.6) is 11.5 Å². The standard InChI is InChI=1S/C34H26F5N3O4/c1-45-30-10-6-21(14-31(30)46-2)22-13-25(33(40)41-15-22)24-9-3-19(11-28(24)36)12-29(43)27-17-42(18-34(37,38)39)16-26(32(27)44)20-4-7-23(35)8-5-20/h3-11,13-17H,12,18H2,1-2H3,(H2,40,41). The van der Waals surface area contributed by atoms with Crippen LogP contribution in [0.1, 0.15) is 15.9 Å². The molecule has 0 aliphatic heterocycles. The Balaban J connectivity index is 1.46. The van der Waals surface area contributed by atoms with Crippen LogP contribution in [0.15, 0.2) is 90.1 Å². The fourth-order valence-electron chi connectivity index (χ4n) is 5.00. The Labute approximate surface area is 259 Å². The number of rotatable bonds is 9. The summed E-state index contributed by atoms with van der Waals surface area (Å²) in [4.78, 5) is 30.7. The normalized spacial score (nSPS) is 11.4. The SMILES string of the molecule is COc1ccc(-c2cnc(N)c(-c3ccc(CC(=O)c4cn(CC(F)(F)F)cc(-c5ccc(F)cc5)c4=O)cc3F)c2)cc1OC. The lowest BCUT2D eigenvalue weighted by molar-refractivity contribution is -0.140. The molecule has 0 bridgehead atoms. The minimum atomic E-state index is -4.65. The smallest absolute Gasteiger partial charge is 0.406 e. The van der Waals surface area contributed by atoms with Gasteiger partial charge in [-0.15, -0.1) is 0 Å². The number of benzene rings is 3. The van der Waals surface area contributed by atoms with Crippen molar-refractivity contribution in [2.24, 2.45) is 0 Å². The molecule has 5 aromatic rings. The van der Waals surface area contributed by atoms with Gasteiger partial charge in [0.1, 0.15) is 24.0 Å². The molecule has 0 amide bonds. The highest BCUT2D eigenvalue weighted by Crippen LogP contribution is 2.36. The summed E-state index contributed by atoms with van der Waals surface area (Å²) in [5.74, 6) is -1.12. The van der Waals surface area contributed by atoms with E-state index in [1.807, 2.05) is 0 Å². The number of hydrogen-bond acceptors (Lipinski definition) is 6. The summed E-state index contributed by atoms with van der Waals surface area (Å²) in [5, 5.41) is 0. The fourth-order valence-corrected chi connectivity index (χ4v) is 5.00. The van der Waals surface area contributed by atoms with Crippen molar-refractivity contribution in [3.05, 3.63) is 118 Å². The number of carbonyl (C=O) groups is 1. The quantitative estimate of drug-likeness (QED) is 0.137. The van der Waals surface area contributed by atoms with E-state index in [-0.39, 0.29) is 33.6 Å². The number of hydrogen-bond donors (Lipinski definition) is 1. The third-order valence-electron chi connectivity index (χ3n) is 7.22. The van der Waals surface area contributed by atoms with Crippen LogP contribution in [-0.2, 0) is 13.0 Å². The van der Waals surface area contributed by atoms with Crippen molar-refractivity contribution in [2.45, 2.75) is 19.1 Å². The maximum atomic E-state index is 15.5. The molecule has 2 aromatic heterocycles. The van der Waals surface area contributed by atoms with E-state index in [1.54, 1.807) is 24.3 Å². The highest BCUT2D eigenvalue weighted by Gasteiger charge is 2.29. The van der Waals surface area contributed by atoms with E-state index in [4.69, 9.17) is 15.2 Å². The first-order chi connectivity index (χ1) is 21.9. The molecule has 0 aliphatic rings. The number of aromatic nitrogens is 2. The van der Waals surface area contributed by atoms with E-state index in [0.717, 1.165) is 30.6 Å². The van der Waals surface area contributed by atoms with Crippen LogP contribution < -0.4 is 20.6 Å². The number of anilines is 1. The number of ketones is 1. The van der Waals surface area contributed by atoms with Gasteiger partial charge >= 0.3 is 6.18 Å². The number of alkyl halides is 3. The average Bonchev–Trinajstić information content (AvgIpc) is 3.01. The Morgan fingerprint density at radius 3 is 2.17 bits per heavy atom. The van der Waals surface area contributed by atoms with E-state index < -0.39 is 47.6 Å². The summed E-state index contributed by atoms with van der Waals surface area (Å²) in [6.45, 7) is -1.47. The van der Waals surface area contributed by atoms with Gasteiger partial charge in [-0.1, -0.05) is 30.3 Å². The number of nitrogens with two attached hydrogens (primary N) is 1. The molecule has 0 atom stereocenters. The second kappa shape index (κ2) is 12.8. The Morgan fingerprint density at radius 1 is 0.826 bits per heavy atom. The molecule has 0 saturated carbocycles. The van der Waals surface area contributed by atoms with Gasteiger partial charge < -0.3 is 19.8 Å². The Kier molecular flexibility index (Phi) is 8.90. The zero-order valence-corrected chi connectivity index (χ0v) is 24.5. The maximum Gasteiger partial charge on any atom is 0.406 e. The molecular weight excluding hydrogens is 609 g/mol. The van der Waals surface area contributed by atoms with Crippen LogP contribution in [-0.4, -0.2) is 35.7 Å². The Hall–Kier alpha value is -5.52. The van der Waals surface area contributed by atoms with Gasteiger partial charge in [-0.25, -0.2) is 13.8 Å². The fraction of sp³-hybridized carbons (Fsp3) is 0.147. The van der Waals surface area contributed by atoms with E-state index in [2.05, 4.69) is 4.98 Å². The molecule has 0 fully saturated rings. The number of halogens is 5. The summed E-state index contributed by atoms with van der Waals surface area (Å²) in [5.41, 5.74) is 6.51. The summed E-state index contributed by atoms with van der Waals surface area (Å²) in [7, 11) is 3.01. The van der Waals surface area contributed by atoms with Gasteiger partial charge in [0.05, 0.1) is 19.8 Å². The van der Waals surface area contributed by atoms with Gasteiger partial charge in [0, 0.05) is 47.3 Å². The molecule has 236 valence electrons. The number of Topliss-reactive ketones (excluding diaryl/α,β-unsaturated/α-hetero) is 1. The van der Waals surface area contributed by atoms with Gasteiger partial charge in [0.25, 0.3) is 0 Å². The lowest BCUT2D eigenvalue weighted by atomic mass is 9.96. The predicted molar refractivity (Wildman–Crippen MR) is 163 cm³/mol. The van der Waals surface area contributed by atoms with Crippen molar-refractivity contribution in [1.82, 2.24) is 9.55 Å². The highest BCUT2D eigenvalue weighted by atomic mass is 19.4. The predicted octanol–water partition coefficient (Wildman–Crippen LogP) is 7.11. The van der Waals surface area contributed by atoms with Crippen molar-refractivity contribution in [2.75, 3.05) is 20.0 Å². The Bertz CT molecular complexity index is 1990. The van der Waals surface area contributed by atoms with Gasteiger partial charge in [-0.05, 0) is 53.1 Å². The summed E-state index contributed by atoms with van der Waals surface area (Å²) < 4.78 is 80.0. The first kappa shape index (κ1) is 31.9. The second-order valence-corrected chi connectivity index (χ2v) is 10.3. The number of nitrogen functional groups attached to an aromatic ring is 1. The zero-order valence-electron chi connectivity index (χ0n) is 24.5.